The Morgan fingerprint density at radius 3 is 2.70 bits per heavy atom. The highest BCUT2D eigenvalue weighted by atomic mass is 19.4. The first-order valence-electron chi connectivity index (χ1n) is 8.85. The molecule has 144 valence electrons. The Balaban J connectivity index is 1.69. The lowest BCUT2D eigenvalue weighted by atomic mass is 9.95. The van der Waals surface area contributed by atoms with Crippen molar-refractivity contribution in [3.63, 3.8) is 0 Å². The van der Waals surface area contributed by atoms with Crippen molar-refractivity contribution in [1.29, 1.82) is 0 Å². The van der Waals surface area contributed by atoms with Crippen molar-refractivity contribution in [1.82, 2.24) is 15.3 Å². The summed E-state index contributed by atoms with van der Waals surface area (Å²) >= 11 is 0. The zero-order valence-electron chi connectivity index (χ0n) is 14.7. The fourth-order valence-electron chi connectivity index (χ4n) is 3.31. The van der Waals surface area contributed by atoms with E-state index in [9.17, 15) is 18.0 Å². The Hall–Kier alpha value is -2.64. The van der Waals surface area contributed by atoms with Crippen LogP contribution in [0.5, 0.6) is 0 Å². The fourth-order valence-corrected chi connectivity index (χ4v) is 3.31. The third-order valence-corrected chi connectivity index (χ3v) is 4.62. The number of benzene rings is 1. The average molecular weight is 378 g/mol. The van der Waals surface area contributed by atoms with E-state index in [-0.39, 0.29) is 11.8 Å². The molecule has 5 nitrogen and oxygen atoms in total. The molecule has 1 aliphatic rings. The molecule has 2 aromatic rings. The molecule has 0 bridgehead atoms. The van der Waals surface area contributed by atoms with Gasteiger partial charge in [0.2, 0.25) is 5.91 Å². The summed E-state index contributed by atoms with van der Waals surface area (Å²) in [5.74, 6) is -0.0770. The zero-order chi connectivity index (χ0) is 19.3. The van der Waals surface area contributed by atoms with Crippen molar-refractivity contribution in [2.45, 2.75) is 31.5 Å². The van der Waals surface area contributed by atoms with E-state index in [0.29, 0.717) is 24.3 Å². The van der Waals surface area contributed by atoms with Gasteiger partial charge in [0.1, 0.15) is 5.82 Å². The number of piperidine rings is 1. The second kappa shape index (κ2) is 8.37. The molecule has 1 aromatic heterocycles. The van der Waals surface area contributed by atoms with Gasteiger partial charge in [-0.25, -0.2) is 4.98 Å². The smallest absolute Gasteiger partial charge is 0.355 e. The summed E-state index contributed by atoms with van der Waals surface area (Å²) in [6.07, 6.45) is 0.707. The number of carbonyl (C=O) groups excluding carboxylic acids is 1. The van der Waals surface area contributed by atoms with Crippen molar-refractivity contribution in [2.24, 2.45) is 5.92 Å². The van der Waals surface area contributed by atoms with Crippen molar-refractivity contribution in [3.05, 3.63) is 54.5 Å². The van der Waals surface area contributed by atoms with Crippen molar-refractivity contribution >= 4 is 11.7 Å². The lowest BCUT2D eigenvalue weighted by Gasteiger charge is -2.33. The van der Waals surface area contributed by atoms with Crippen LogP contribution in [0.4, 0.5) is 19.0 Å². The van der Waals surface area contributed by atoms with Crippen LogP contribution in [0.2, 0.25) is 0 Å². The summed E-state index contributed by atoms with van der Waals surface area (Å²) in [6, 6.07) is 7.18. The molecule has 27 heavy (non-hydrogen) atoms. The number of amides is 1. The minimum atomic E-state index is -4.37. The Bertz CT molecular complexity index is 740. The first kappa shape index (κ1) is 19.1. The van der Waals surface area contributed by atoms with E-state index in [0.717, 1.165) is 13.0 Å². The molecule has 3 rings (SSSR count). The zero-order valence-corrected chi connectivity index (χ0v) is 14.7. The minimum Gasteiger partial charge on any atom is -0.355 e. The van der Waals surface area contributed by atoms with Crippen molar-refractivity contribution in [3.8, 4) is 0 Å². The number of nitrogens with zero attached hydrogens (tertiary/aromatic N) is 3. The summed E-state index contributed by atoms with van der Waals surface area (Å²) in [7, 11) is 0. The highest BCUT2D eigenvalue weighted by Gasteiger charge is 2.35. The first-order valence-corrected chi connectivity index (χ1v) is 8.85. The van der Waals surface area contributed by atoms with Crippen LogP contribution < -0.4 is 10.2 Å². The Labute approximate surface area is 155 Å². The number of hydrogen-bond donors (Lipinski definition) is 1. The van der Waals surface area contributed by atoms with Gasteiger partial charge in [0.25, 0.3) is 0 Å². The number of alkyl halides is 3. The topological polar surface area (TPSA) is 58.1 Å². The van der Waals surface area contributed by atoms with E-state index in [1.165, 1.54) is 0 Å². The summed E-state index contributed by atoms with van der Waals surface area (Å²) in [5.41, 5.74) is 0.449. The molecule has 1 amide bonds. The normalized spacial score (nSPS) is 18.8. The van der Waals surface area contributed by atoms with E-state index in [1.807, 2.05) is 4.90 Å². The van der Waals surface area contributed by atoms with Gasteiger partial charge in [-0.2, -0.15) is 13.2 Å². The molecule has 2 atom stereocenters. The van der Waals surface area contributed by atoms with Gasteiger partial charge < -0.3 is 10.2 Å². The minimum absolute atomic E-state index is 0.360. The molecule has 0 saturated carbocycles. The third kappa shape index (κ3) is 5.42. The number of nitrogens with one attached hydrogen (secondary N) is 1. The van der Waals surface area contributed by atoms with Crippen LogP contribution in [0.15, 0.2) is 48.9 Å². The number of halogens is 3. The summed E-state index contributed by atoms with van der Waals surface area (Å²) < 4.78 is 39.0. The molecule has 1 aromatic carbocycles. The molecule has 0 radical (unpaired) electrons. The van der Waals surface area contributed by atoms with Crippen molar-refractivity contribution in [2.75, 3.05) is 18.0 Å². The van der Waals surface area contributed by atoms with E-state index in [2.05, 4.69) is 15.3 Å². The molecule has 0 spiro atoms. The lowest BCUT2D eigenvalue weighted by molar-refractivity contribution is -0.143. The van der Waals surface area contributed by atoms with E-state index in [4.69, 9.17) is 0 Å². The highest BCUT2D eigenvalue weighted by molar-refractivity contribution is 5.80. The van der Waals surface area contributed by atoms with Gasteiger partial charge in [-0.15, -0.1) is 0 Å². The molecule has 1 saturated heterocycles. The SMILES string of the molecule is O=C(N[C@H](CC(F)(F)F)c1ccccc1)[C@@H]1CCCN(c2cnccn2)C1. The van der Waals surface area contributed by atoms with Crippen LogP contribution in [0.3, 0.4) is 0 Å². The fraction of sp³-hybridized carbons (Fsp3) is 0.421. The van der Waals surface area contributed by atoms with Gasteiger partial charge in [-0.3, -0.25) is 9.78 Å². The van der Waals surface area contributed by atoms with Crippen LogP contribution in [-0.4, -0.2) is 35.1 Å². The van der Waals surface area contributed by atoms with Gasteiger partial charge in [0, 0.05) is 25.5 Å². The van der Waals surface area contributed by atoms with Crippen LogP contribution >= 0.6 is 0 Å². The first-order chi connectivity index (χ1) is 12.9. The highest BCUT2D eigenvalue weighted by Crippen LogP contribution is 2.30. The molecular weight excluding hydrogens is 357 g/mol. The van der Waals surface area contributed by atoms with Gasteiger partial charge in [0.05, 0.1) is 24.6 Å². The van der Waals surface area contributed by atoms with Crippen molar-refractivity contribution < 1.29 is 18.0 Å². The van der Waals surface area contributed by atoms with Crippen LogP contribution in [0.25, 0.3) is 0 Å². The molecular formula is C19H21F3N4O. The van der Waals surface area contributed by atoms with Crippen LogP contribution in [-0.2, 0) is 4.79 Å². The number of carbonyl (C=O) groups is 1. The Morgan fingerprint density at radius 1 is 1.26 bits per heavy atom. The lowest BCUT2D eigenvalue weighted by Crippen LogP contribution is -2.44. The Morgan fingerprint density at radius 2 is 2.04 bits per heavy atom. The average Bonchev–Trinajstić information content (AvgIpc) is 2.68. The van der Waals surface area contributed by atoms with Gasteiger partial charge in [0.15, 0.2) is 0 Å². The second-order valence-corrected chi connectivity index (χ2v) is 6.64. The number of hydrogen-bond acceptors (Lipinski definition) is 4. The molecule has 8 heteroatoms. The number of anilines is 1. The van der Waals surface area contributed by atoms with E-state index < -0.39 is 18.6 Å². The largest absolute Gasteiger partial charge is 0.391 e. The quantitative estimate of drug-likeness (QED) is 0.865. The summed E-state index contributed by atoms with van der Waals surface area (Å²) in [4.78, 5) is 22.9. The van der Waals surface area contributed by atoms with Crippen LogP contribution in [0.1, 0.15) is 30.9 Å². The summed E-state index contributed by atoms with van der Waals surface area (Å²) in [5, 5.41) is 2.61. The maximum absolute atomic E-state index is 13.0. The molecule has 0 aliphatic carbocycles. The van der Waals surface area contributed by atoms with Crippen LogP contribution in [0, 0.1) is 5.92 Å². The molecule has 1 aliphatic heterocycles. The molecule has 0 unspecified atom stereocenters. The van der Waals surface area contributed by atoms with E-state index >= 15 is 0 Å². The predicted octanol–water partition coefficient (Wildman–Crippen LogP) is 3.50. The molecule has 1 N–H and O–H groups in total. The van der Waals surface area contributed by atoms with Gasteiger partial charge >= 0.3 is 6.18 Å². The standard InChI is InChI=1S/C19H21F3N4O/c20-19(21,22)11-16(14-5-2-1-3-6-14)25-18(27)15-7-4-10-26(13-15)17-12-23-8-9-24-17/h1-3,5-6,8-9,12,15-16H,4,7,10-11,13H2,(H,25,27)/t15-,16-/m1/s1. The Kier molecular flexibility index (Phi) is 5.93. The number of rotatable bonds is 5. The van der Waals surface area contributed by atoms with Gasteiger partial charge in [-0.05, 0) is 18.4 Å². The maximum atomic E-state index is 13.0. The summed E-state index contributed by atoms with van der Waals surface area (Å²) in [6.45, 7) is 1.16. The molecule has 2 heterocycles. The number of aromatic nitrogens is 2. The third-order valence-electron chi connectivity index (χ3n) is 4.62. The van der Waals surface area contributed by atoms with E-state index in [1.54, 1.807) is 48.9 Å². The predicted molar refractivity (Wildman–Crippen MR) is 95.0 cm³/mol. The maximum Gasteiger partial charge on any atom is 0.391 e. The molecule has 1 fully saturated rings. The second-order valence-electron chi connectivity index (χ2n) is 6.64. The monoisotopic (exact) mass is 378 g/mol. The van der Waals surface area contributed by atoms with Gasteiger partial charge in [-0.1, -0.05) is 30.3 Å².